The Hall–Kier alpha value is -2.60. The first kappa shape index (κ1) is 18.2. The van der Waals surface area contributed by atoms with Gasteiger partial charge >= 0.3 is 0 Å². The first-order chi connectivity index (χ1) is 12.5. The van der Waals surface area contributed by atoms with Crippen molar-refractivity contribution in [2.45, 2.75) is 25.5 Å². The van der Waals surface area contributed by atoms with Crippen LogP contribution in [0.2, 0.25) is 0 Å². The smallest absolute Gasteiger partial charge is 0.242 e. The fraction of sp³-hybridized carbons (Fsp3) is 0.250. The Labute approximate surface area is 157 Å². The molecule has 0 unspecified atom stereocenters. The third-order valence-electron chi connectivity index (χ3n) is 4.26. The summed E-state index contributed by atoms with van der Waals surface area (Å²) in [5.41, 5.74) is 3.64. The summed E-state index contributed by atoms with van der Waals surface area (Å²) in [6, 6.07) is 15.4. The zero-order valence-electron chi connectivity index (χ0n) is 15.0. The number of aliphatic imine (C=N–C) groups is 1. The van der Waals surface area contributed by atoms with Crippen LogP contribution < -0.4 is 5.32 Å². The second-order valence-electron chi connectivity index (χ2n) is 6.25. The average Bonchev–Trinajstić information content (AvgIpc) is 2.87. The van der Waals surface area contributed by atoms with Crippen molar-refractivity contribution in [2.75, 3.05) is 12.4 Å². The number of nitrogens with one attached hydrogen (secondary N) is 1. The van der Waals surface area contributed by atoms with Crippen LogP contribution in [0.25, 0.3) is 0 Å². The van der Waals surface area contributed by atoms with Gasteiger partial charge in [-0.3, -0.25) is 14.5 Å². The second kappa shape index (κ2) is 7.74. The minimum atomic E-state index is -0.452. The van der Waals surface area contributed by atoms with Gasteiger partial charge in [0.25, 0.3) is 0 Å². The highest BCUT2D eigenvalue weighted by Gasteiger charge is 2.37. The summed E-state index contributed by atoms with van der Waals surface area (Å²) in [4.78, 5) is 31.0. The number of benzene rings is 2. The minimum absolute atomic E-state index is 0.0951. The van der Waals surface area contributed by atoms with E-state index in [1.165, 1.54) is 16.7 Å². The van der Waals surface area contributed by atoms with E-state index in [0.717, 1.165) is 22.5 Å². The summed E-state index contributed by atoms with van der Waals surface area (Å²) >= 11 is 1.34. The van der Waals surface area contributed by atoms with E-state index in [1.807, 2.05) is 62.4 Å². The Morgan fingerprint density at radius 3 is 2.46 bits per heavy atom. The minimum Gasteiger partial charge on any atom is -0.326 e. The van der Waals surface area contributed by atoms with Crippen molar-refractivity contribution in [2.24, 2.45) is 4.99 Å². The third kappa shape index (κ3) is 3.96. The van der Waals surface area contributed by atoms with Gasteiger partial charge in [0.05, 0.1) is 5.69 Å². The monoisotopic (exact) mass is 367 g/mol. The SMILES string of the molecule is Cc1ccccc1N=C1S[C@H](CC(=O)Nc2ccccc2C)C(=O)N1C. The third-order valence-corrected chi connectivity index (χ3v) is 5.49. The van der Waals surface area contributed by atoms with Crippen LogP contribution in [0.4, 0.5) is 11.4 Å². The van der Waals surface area contributed by atoms with Crippen molar-refractivity contribution in [1.82, 2.24) is 4.90 Å². The predicted octanol–water partition coefficient (Wildman–Crippen LogP) is 3.89. The van der Waals surface area contributed by atoms with E-state index in [-0.39, 0.29) is 18.2 Å². The second-order valence-corrected chi connectivity index (χ2v) is 7.42. The highest BCUT2D eigenvalue weighted by Crippen LogP contribution is 2.31. The molecular formula is C20H21N3O2S. The van der Waals surface area contributed by atoms with Crippen LogP contribution in [-0.4, -0.2) is 34.2 Å². The van der Waals surface area contributed by atoms with Gasteiger partial charge in [-0.15, -0.1) is 0 Å². The lowest BCUT2D eigenvalue weighted by atomic mass is 10.2. The molecule has 5 nitrogen and oxygen atoms in total. The maximum absolute atomic E-state index is 12.5. The van der Waals surface area contributed by atoms with Gasteiger partial charge in [-0.1, -0.05) is 48.2 Å². The molecule has 134 valence electrons. The summed E-state index contributed by atoms with van der Waals surface area (Å²) in [6.07, 6.45) is 0.120. The van der Waals surface area contributed by atoms with Crippen molar-refractivity contribution in [3.8, 4) is 0 Å². The van der Waals surface area contributed by atoms with Gasteiger partial charge in [-0.25, -0.2) is 4.99 Å². The number of carbonyl (C=O) groups is 2. The van der Waals surface area contributed by atoms with Crippen molar-refractivity contribution in [3.63, 3.8) is 0 Å². The lowest BCUT2D eigenvalue weighted by Crippen LogP contribution is -2.30. The molecule has 0 saturated carbocycles. The van der Waals surface area contributed by atoms with E-state index < -0.39 is 5.25 Å². The highest BCUT2D eigenvalue weighted by molar-refractivity contribution is 8.15. The molecule has 1 aliphatic rings. The lowest BCUT2D eigenvalue weighted by Gasteiger charge is -2.10. The normalized spacial score (nSPS) is 18.4. The number of anilines is 1. The largest absolute Gasteiger partial charge is 0.326 e. The molecule has 0 radical (unpaired) electrons. The zero-order valence-corrected chi connectivity index (χ0v) is 15.8. The maximum Gasteiger partial charge on any atom is 0.242 e. The summed E-state index contributed by atoms with van der Waals surface area (Å²) in [6.45, 7) is 3.92. The molecule has 6 heteroatoms. The Kier molecular flexibility index (Phi) is 5.42. The van der Waals surface area contributed by atoms with Crippen molar-refractivity contribution in [1.29, 1.82) is 0 Å². The average molecular weight is 367 g/mol. The molecule has 2 amide bonds. The number of amides is 2. The maximum atomic E-state index is 12.5. The number of aryl methyl sites for hydroxylation is 2. The van der Waals surface area contributed by atoms with Gasteiger partial charge in [0, 0.05) is 19.2 Å². The summed E-state index contributed by atoms with van der Waals surface area (Å²) in [5.74, 6) is -0.266. The van der Waals surface area contributed by atoms with Crippen LogP contribution >= 0.6 is 11.8 Å². The molecule has 1 saturated heterocycles. The van der Waals surface area contributed by atoms with Crippen LogP contribution in [0.15, 0.2) is 53.5 Å². The molecule has 1 N–H and O–H groups in total. The molecule has 0 aromatic heterocycles. The van der Waals surface area contributed by atoms with Crippen molar-refractivity contribution in [3.05, 3.63) is 59.7 Å². The summed E-state index contributed by atoms with van der Waals surface area (Å²) in [5, 5.41) is 3.05. The van der Waals surface area contributed by atoms with Gasteiger partial charge in [0.15, 0.2) is 5.17 Å². The van der Waals surface area contributed by atoms with Crippen LogP contribution in [-0.2, 0) is 9.59 Å². The number of nitrogens with zero attached hydrogens (tertiary/aromatic N) is 2. The van der Waals surface area contributed by atoms with Gasteiger partial charge in [0.2, 0.25) is 11.8 Å². The standard InChI is InChI=1S/C20H21N3O2S/c1-13-8-4-6-10-15(13)21-18(24)12-17-19(25)23(3)20(26-17)22-16-11-7-5-9-14(16)2/h4-11,17H,12H2,1-3H3,(H,21,24)/t17-/m1/s1. The first-order valence-electron chi connectivity index (χ1n) is 8.39. The molecular weight excluding hydrogens is 346 g/mol. The van der Waals surface area contributed by atoms with Gasteiger partial charge in [0.1, 0.15) is 5.25 Å². The van der Waals surface area contributed by atoms with Gasteiger partial charge < -0.3 is 5.32 Å². The van der Waals surface area contributed by atoms with Crippen LogP contribution in [0, 0.1) is 13.8 Å². The van der Waals surface area contributed by atoms with Crippen LogP contribution in [0.5, 0.6) is 0 Å². The molecule has 1 heterocycles. The number of amidine groups is 1. The Morgan fingerprint density at radius 1 is 1.12 bits per heavy atom. The molecule has 1 fully saturated rings. The molecule has 26 heavy (non-hydrogen) atoms. The summed E-state index contributed by atoms with van der Waals surface area (Å²) in [7, 11) is 1.70. The summed E-state index contributed by atoms with van der Waals surface area (Å²) < 4.78 is 0. The fourth-order valence-corrected chi connectivity index (χ4v) is 3.82. The molecule has 2 aromatic carbocycles. The molecule has 1 atom stereocenters. The Morgan fingerprint density at radius 2 is 1.77 bits per heavy atom. The lowest BCUT2D eigenvalue weighted by molar-refractivity contribution is -0.127. The Bertz CT molecular complexity index is 879. The number of hydrogen-bond donors (Lipinski definition) is 1. The van der Waals surface area contributed by atoms with E-state index in [2.05, 4.69) is 10.3 Å². The van der Waals surface area contributed by atoms with E-state index in [4.69, 9.17) is 0 Å². The van der Waals surface area contributed by atoms with Crippen LogP contribution in [0.1, 0.15) is 17.5 Å². The van der Waals surface area contributed by atoms with Crippen LogP contribution in [0.3, 0.4) is 0 Å². The first-order valence-corrected chi connectivity index (χ1v) is 9.27. The predicted molar refractivity (Wildman–Crippen MR) is 107 cm³/mol. The number of thioether (sulfide) groups is 1. The molecule has 3 rings (SSSR count). The van der Waals surface area contributed by atoms with Crippen molar-refractivity contribution < 1.29 is 9.59 Å². The molecule has 0 spiro atoms. The molecule has 1 aliphatic heterocycles. The van der Waals surface area contributed by atoms with Gasteiger partial charge in [-0.05, 0) is 37.1 Å². The quantitative estimate of drug-likeness (QED) is 0.892. The molecule has 2 aromatic rings. The number of para-hydroxylation sites is 2. The topological polar surface area (TPSA) is 61.8 Å². The number of carbonyl (C=O) groups excluding carboxylic acids is 2. The van der Waals surface area contributed by atoms with E-state index in [0.29, 0.717) is 5.17 Å². The van der Waals surface area contributed by atoms with Crippen molar-refractivity contribution >= 4 is 40.1 Å². The zero-order chi connectivity index (χ0) is 18.7. The molecule has 0 aliphatic carbocycles. The van der Waals surface area contributed by atoms with E-state index >= 15 is 0 Å². The number of rotatable bonds is 4. The highest BCUT2D eigenvalue weighted by atomic mass is 32.2. The van der Waals surface area contributed by atoms with Gasteiger partial charge in [-0.2, -0.15) is 0 Å². The van der Waals surface area contributed by atoms with E-state index in [9.17, 15) is 9.59 Å². The Balaban J connectivity index is 1.70. The fourth-order valence-electron chi connectivity index (χ4n) is 2.67. The number of hydrogen-bond acceptors (Lipinski definition) is 4. The van der Waals surface area contributed by atoms with E-state index in [1.54, 1.807) is 7.05 Å². The molecule has 0 bridgehead atoms.